The molecule has 18 heavy (non-hydrogen) atoms. The Hall–Kier alpha value is -0.120. The molecule has 0 aliphatic rings. The third kappa shape index (κ3) is 11.0. The largest absolute Gasteiger partial charge is 0.395 e. The molecule has 0 heterocycles. The molecule has 0 aromatic heterocycles. The van der Waals surface area contributed by atoms with Crippen LogP contribution in [0.25, 0.3) is 0 Å². The molecular weight excluding hydrogens is 226 g/mol. The van der Waals surface area contributed by atoms with E-state index in [0.717, 1.165) is 12.8 Å². The topological polar surface area (TPSA) is 66.5 Å². The second-order valence-electron chi connectivity index (χ2n) is 5.38. The van der Waals surface area contributed by atoms with E-state index in [4.69, 9.17) is 10.8 Å². The molecule has 3 nitrogen and oxygen atoms in total. The normalized spacial score (nSPS) is 14.7. The first-order chi connectivity index (χ1) is 8.72. The average molecular weight is 259 g/mol. The molecule has 0 unspecified atom stereocenters. The summed E-state index contributed by atoms with van der Waals surface area (Å²) in [6.07, 6.45) is 13.1. The third-order valence-corrected chi connectivity index (χ3v) is 3.56. The summed E-state index contributed by atoms with van der Waals surface area (Å²) >= 11 is 0. The molecule has 0 saturated carbocycles. The molecule has 0 aromatic rings. The Morgan fingerprint density at radius 2 is 1.28 bits per heavy atom. The molecule has 0 saturated heterocycles. The molecule has 0 amide bonds. The fourth-order valence-electron chi connectivity index (χ4n) is 2.18. The van der Waals surface area contributed by atoms with Gasteiger partial charge in [-0.2, -0.15) is 0 Å². The summed E-state index contributed by atoms with van der Waals surface area (Å²) in [7, 11) is 0. The maximum Gasteiger partial charge on any atom is 0.0713 e. The molecule has 0 aromatic carbocycles. The molecule has 0 bridgehead atoms. The predicted octanol–water partition coefficient (Wildman–Crippen LogP) is 2.98. The van der Waals surface area contributed by atoms with Gasteiger partial charge in [0, 0.05) is 0 Å². The van der Waals surface area contributed by atoms with Crippen molar-refractivity contribution >= 4 is 0 Å². The van der Waals surface area contributed by atoms with E-state index in [0.29, 0.717) is 0 Å². The highest BCUT2D eigenvalue weighted by Gasteiger charge is 2.12. The van der Waals surface area contributed by atoms with Crippen molar-refractivity contribution < 1.29 is 10.2 Å². The fourth-order valence-corrected chi connectivity index (χ4v) is 2.18. The van der Waals surface area contributed by atoms with E-state index in [1.165, 1.54) is 57.8 Å². The van der Waals surface area contributed by atoms with Crippen LogP contribution in [0.15, 0.2) is 0 Å². The second-order valence-corrected chi connectivity index (χ2v) is 5.38. The number of hydrogen-bond donors (Lipinski definition) is 3. The summed E-state index contributed by atoms with van der Waals surface area (Å²) in [4.78, 5) is 0. The van der Waals surface area contributed by atoms with E-state index in [1.807, 2.05) is 0 Å². The maximum absolute atomic E-state index is 9.56. The van der Waals surface area contributed by atoms with Crippen LogP contribution < -0.4 is 5.73 Å². The lowest BCUT2D eigenvalue weighted by molar-refractivity contribution is 0.0990. The molecule has 4 N–H and O–H groups in total. The highest BCUT2D eigenvalue weighted by atomic mass is 16.3. The predicted molar refractivity (Wildman–Crippen MR) is 77.5 cm³/mol. The van der Waals surface area contributed by atoms with Gasteiger partial charge in [-0.1, -0.05) is 71.1 Å². The number of unbranched alkanes of at least 4 members (excludes halogenated alkanes) is 9. The minimum Gasteiger partial charge on any atom is -0.395 e. The number of aliphatic hydroxyl groups excluding tert-OH is 2. The quantitative estimate of drug-likeness (QED) is 0.445. The van der Waals surface area contributed by atoms with Crippen molar-refractivity contribution in [3.05, 3.63) is 0 Å². The van der Waals surface area contributed by atoms with Gasteiger partial charge in [-0.05, 0) is 6.42 Å². The smallest absolute Gasteiger partial charge is 0.0713 e. The Morgan fingerprint density at radius 3 is 1.72 bits per heavy atom. The minimum absolute atomic E-state index is 0.126. The Labute approximate surface area is 113 Å². The van der Waals surface area contributed by atoms with Gasteiger partial charge >= 0.3 is 0 Å². The van der Waals surface area contributed by atoms with Gasteiger partial charge in [0.15, 0.2) is 0 Å². The van der Waals surface area contributed by atoms with Crippen LogP contribution in [-0.4, -0.2) is 29.0 Å². The molecule has 0 aliphatic carbocycles. The molecule has 0 rings (SSSR count). The van der Waals surface area contributed by atoms with Crippen molar-refractivity contribution in [1.29, 1.82) is 0 Å². The summed E-state index contributed by atoms with van der Waals surface area (Å²) in [6.45, 7) is 2.12. The summed E-state index contributed by atoms with van der Waals surface area (Å²) in [5, 5.41) is 18.3. The lowest BCUT2D eigenvalue weighted by atomic mass is 10.0. The first-order valence-corrected chi connectivity index (χ1v) is 7.76. The summed E-state index contributed by atoms with van der Waals surface area (Å²) in [6, 6.07) is -0.469. The van der Waals surface area contributed by atoms with Crippen LogP contribution >= 0.6 is 0 Å². The van der Waals surface area contributed by atoms with Crippen molar-refractivity contribution in [2.75, 3.05) is 6.61 Å². The first kappa shape index (κ1) is 17.9. The van der Waals surface area contributed by atoms with Gasteiger partial charge in [0.1, 0.15) is 0 Å². The van der Waals surface area contributed by atoms with E-state index < -0.39 is 12.1 Å². The maximum atomic E-state index is 9.56. The standard InChI is InChI=1S/C15H33NO2/c1-2-3-4-5-6-7-8-9-10-11-12-15(18)14(16)13-17/h14-15,17-18H,2-13,16H2,1H3/t14-,15+/m0/s1. The SMILES string of the molecule is CCCCCCCCCCCC[C@@H](O)[C@@H](N)CO. The van der Waals surface area contributed by atoms with Gasteiger partial charge in [0.25, 0.3) is 0 Å². The average Bonchev–Trinajstić information content (AvgIpc) is 2.39. The zero-order chi connectivity index (χ0) is 13.6. The molecule has 3 heteroatoms. The van der Waals surface area contributed by atoms with Crippen molar-refractivity contribution in [2.45, 2.75) is 89.7 Å². The van der Waals surface area contributed by atoms with Gasteiger partial charge in [-0.15, -0.1) is 0 Å². The van der Waals surface area contributed by atoms with Crippen LogP contribution in [0.4, 0.5) is 0 Å². The van der Waals surface area contributed by atoms with E-state index in [1.54, 1.807) is 0 Å². The number of nitrogens with two attached hydrogens (primary N) is 1. The van der Waals surface area contributed by atoms with Gasteiger partial charge in [0.2, 0.25) is 0 Å². The molecule has 0 spiro atoms. The Kier molecular flexibility index (Phi) is 13.2. The molecule has 0 fully saturated rings. The zero-order valence-electron chi connectivity index (χ0n) is 12.1. The van der Waals surface area contributed by atoms with Crippen molar-refractivity contribution in [1.82, 2.24) is 0 Å². The Balaban J connectivity index is 3.11. The fraction of sp³-hybridized carbons (Fsp3) is 1.00. The van der Waals surface area contributed by atoms with E-state index in [-0.39, 0.29) is 6.61 Å². The number of rotatable bonds is 13. The lowest BCUT2D eigenvalue weighted by Gasteiger charge is -2.15. The van der Waals surface area contributed by atoms with Crippen LogP contribution in [0.2, 0.25) is 0 Å². The summed E-state index contributed by atoms with van der Waals surface area (Å²) < 4.78 is 0. The number of aliphatic hydroxyl groups is 2. The Morgan fingerprint density at radius 1 is 0.833 bits per heavy atom. The summed E-state index contributed by atoms with van der Waals surface area (Å²) in [5.74, 6) is 0. The minimum atomic E-state index is -0.538. The van der Waals surface area contributed by atoms with E-state index in [9.17, 15) is 5.11 Å². The van der Waals surface area contributed by atoms with Gasteiger partial charge < -0.3 is 15.9 Å². The van der Waals surface area contributed by atoms with Crippen molar-refractivity contribution in [2.24, 2.45) is 5.73 Å². The molecule has 2 atom stereocenters. The highest BCUT2D eigenvalue weighted by molar-refractivity contribution is 4.70. The van der Waals surface area contributed by atoms with Crippen molar-refractivity contribution in [3.63, 3.8) is 0 Å². The monoisotopic (exact) mass is 259 g/mol. The van der Waals surface area contributed by atoms with Crippen LogP contribution in [0.5, 0.6) is 0 Å². The molecule has 110 valence electrons. The molecular formula is C15H33NO2. The zero-order valence-corrected chi connectivity index (χ0v) is 12.1. The van der Waals surface area contributed by atoms with Crippen LogP contribution in [0.1, 0.15) is 77.6 Å². The van der Waals surface area contributed by atoms with Crippen LogP contribution in [0.3, 0.4) is 0 Å². The lowest BCUT2D eigenvalue weighted by Crippen LogP contribution is -2.37. The second kappa shape index (κ2) is 13.3. The number of hydrogen-bond acceptors (Lipinski definition) is 3. The van der Waals surface area contributed by atoms with Gasteiger partial charge in [0.05, 0.1) is 18.8 Å². The van der Waals surface area contributed by atoms with Gasteiger partial charge in [-0.25, -0.2) is 0 Å². The van der Waals surface area contributed by atoms with Crippen molar-refractivity contribution in [3.8, 4) is 0 Å². The Bertz CT molecular complexity index is 165. The van der Waals surface area contributed by atoms with Crippen LogP contribution in [0, 0.1) is 0 Å². The highest BCUT2D eigenvalue weighted by Crippen LogP contribution is 2.12. The van der Waals surface area contributed by atoms with Crippen LogP contribution in [-0.2, 0) is 0 Å². The molecule has 0 aliphatic heterocycles. The molecule has 0 radical (unpaired) electrons. The first-order valence-electron chi connectivity index (χ1n) is 7.76. The van der Waals surface area contributed by atoms with E-state index >= 15 is 0 Å². The van der Waals surface area contributed by atoms with E-state index in [2.05, 4.69) is 6.92 Å². The third-order valence-electron chi connectivity index (χ3n) is 3.56. The summed E-state index contributed by atoms with van der Waals surface area (Å²) in [5.41, 5.74) is 5.54. The van der Waals surface area contributed by atoms with Gasteiger partial charge in [-0.3, -0.25) is 0 Å².